The summed E-state index contributed by atoms with van der Waals surface area (Å²) in [4.78, 5) is 4.12. The van der Waals surface area contributed by atoms with Crippen molar-refractivity contribution in [1.29, 1.82) is 0 Å². The van der Waals surface area contributed by atoms with E-state index in [4.69, 9.17) is 11.6 Å². The lowest BCUT2D eigenvalue weighted by Crippen LogP contribution is -2.17. The fourth-order valence-electron chi connectivity index (χ4n) is 2.35. The van der Waals surface area contributed by atoms with Gasteiger partial charge in [0.1, 0.15) is 11.5 Å². The number of amidine groups is 1. The van der Waals surface area contributed by atoms with Crippen LogP contribution in [0.15, 0.2) is 29.4 Å². The van der Waals surface area contributed by atoms with E-state index in [2.05, 4.69) is 15.2 Å². The van der Waals surface area contributed by atoms with Crippen molar-refractivity contribution in [2.24, 2.45) is 16.7 Å². The Hall–Kier alpha value is -3.10. The zero-order chi connectivity index (χ0) is 17.4. The minimum Gasteiger partial charge on any atom is -0.380 e. The number of halogens is 3. The van der Waals surface area contributed by atoms with E-state index in [1.54, 1.807) is 0 Å². The van der Waals surface area contributed by atoms with Gasteiger partial charge in [0.05, 0.1) is 17.6 Å². The Labute approximate surface area is 134 Å². The standard InChI is InChI=1S/C15H13F3N6/c1-7-11(17)5-9-13(14(19)22-20)23-24(15(9)21-7)6-8-3-2-4-10(16)12(8)18/h2-5H,6,20H2,1H3,(H2,19,22). The number of fused-ring (bicyclic) bond motifs is 1. The zero-order valence-electron chi connectivity index (χ0n) is 12.6. The Bertz CT molecular complexity index is 963. The van der Waals surface area contributed by atoms with E-state index < -0.39 is 17.5 Å². The molecule has 4 N–H and O–H groups in total. The van der Waals surface area contributed by atoms with Crippen molar-refractivity contribution in [2.75, 3.05) is 0 Å². The molecule has 0 amide bonds. The average molecular weight is 334 g/mol. The molecule has 0 saturated carbocycles. The van der Waals surface area contributed by atoms with Gasteiger partial charge in [-0.15, -0.1) is 0 Å². The maximum Gasteiger partial charge on any atom is 0.171 e. The minimum atomic E-state index is -0.984. The van der Waals surface area contributed by atoms with Gasteiger partial charge in [-0.05, 0) is 19.1 Å². The van der Waals surface area contributed by atoms with Gasteiger partial charge in [-0.3, -0.25) is 0 Å². The molecule has 0 atom stereocenters. The van der Waals surface area contributed by atoms with Gasteiger partial charge in [0, 0.05) is 5.56 Å². The maximum atomic E-state index is 13.9. The molecular formula is C15H13F3N6. The quantitative estimate of drug-likeness (QED) is 0.330. The number of benzene rings is 1. The molecule has 0 radical (unpaired) electrons. The lowest BCUT2D eigenvalue weighted by molar-refractivity contribution is 0.492. The van der Waals surface area contributed by atoms with Gasteiger partial charge in [-0.2, -0.15) is 10.2 Å². The summed E-state index contributed by atoms with van der Waals surface area (Å²) in [5.74, 6) is 2.53. The molecule has 0 bridgehead atoms. The van der Waals surface area contributed by atoms with Crippen LogP contribution in [0.1, 0.15) is 17.0 Å². The van der Waals surface area contributed by atoms with Gasteiger partial charge in [0.15, 0.2) is 23.1 Å². The summed E-state index contributed by atoms with van der Waals surface area (Å²) >= 11 is 0. The summed E-state index contributed by atoms with van der Waals surface area (Å²) in [5, 5.41) is 7.80. The summed E-state index contributed by atoms with van der Waals surface area (Å²) < 4.78 is 42.4. The van der Waals surface area contributed by atoms with Crippen molar-refractivity contribution in [3.63, 3.8) is 0 Å². The number of hydrazone groups is 1. The number of nitrogens with zero attached hydrogens (tertiary/aromatic N) is 4. The summed E-state index contributed by atoms with van der Waals surface area (Å²) in [6, 6.07) is 5.02. The Morgan fingerprint density at radius 1 is 1.25 bits per heavy atom. The highest BCUT2D eigenvalue weighted by Gasteiger charge is 2.18. The predicted molar refractivity (Wildman–Crippen MR) is 82.6 cm³/mol. The molecule has 0 aliphatic rings. The molecular weight excluding hydrogens is 321 g/mol. The fraction of sp³-hybridized carbons (Fsp3) is 0.133. The van der Waals surface area contributed by atoms with Crippen LogP contribution in [-0.4, -0.2) is 20.6 Å². The normalized spacial score (nSPS) is 12.1. The Kier molecular flexibility index (Phi) is 3.84. The van der Waals surface area contributed by atoms with E-state index in [1.807, 2.05) is 0 Å². The Morgan fingerprint density at radius 3 is 2.71 bits per heavy atom. The second-order valence-corrected chi connectivity index (χ2v) is 5.16. The molecule has 3 rings (SSSR count). The largest absolute Gasteiger partial charge is 0.380 e. The van der Waals surface area contributed by atoms with Gasteiger partial charge in [0.2, 0.25) is 0 Å². The van der Waals surface area contributed by atoms with Crippen LogP contribution in [0.4, 0.5) is 13.2 Å². The van der Waals surface area contributed by atoms with Gasteiger partial charge in [-0.25, -0.2) is 22.8 Å². The predicted octanol–water partition coefficient (Wildman–Crippen LogP) is 1.78. The number of aromatic nitrogens is 3. The third-order valence-corrected chi connectivity index (χ3v) is 3.58. The molecule has 0 saturated heterocycles. The highest BCUT2D eigenvalue weighted by molar-refractivity contribution is 6.06. The van der Waals surface area contributed by atoms with Crippen LogP contribution >= 0.6 is 0 Å². The van der Waals surface area contributed by atoms with Crippen LogP contribution in [0.5, 0.6) is 0 Å². The van der Waals surface area contributed by atoms with Gasteiger partial charge in [-0.1, -0.05) is 12.1 Å². The van der Waals surface area contributed by atoms with Gasteiger partial charge < -0.3 is 11.6 Å². The molecule has 0 aliphatic carbocycles. The van der Waals surface area contributed by atoms with Crippen LogP contribution in [0.25, 0.3) is 11.0 Å². The second-order valence-electron chi connectivity index (χ2n) is 5.16. The molecule has 0 spiro atoms. The summed E-state index contributed by atoms with van der Waals surface area (Å²) in [7, 11) is 0. The molecule has 9 heteroatoms. The molecule has 124 valence electrons. The molecule has 6 nitrogen and oxygen atoms in total. The molecule has 1 aromatic carbocycles. The Morgan fingerprint density at radius 2 is 2.00 bits per heavy atom. The van der Waals surface area contributed by atoms with Gasteiger partial charge >= 0.3 is 0 Å². The molecule has 3 aromatic rings. The summed E-state index contributed by atoms with van der Waals surface area (Å²) in [6.07, 6.45) is 0. The molecule has 24 heavy (non-hydrogen) atoms. The van der Waals surface area contributed by atoms with Crippen molar-refractivity contribution in [3.05, 3.63) is 58.7 Å². The van der Waals surface area contributed by atoms with Crippen LogP contribution < -0.4 is 11.6 Å². The molecule has 2 aromatic heterocycles. The smallest absolute Gasteiger partial charge is 0.171 e. The summed E-state index contributed by atoms with van der Waals surface area (Å²) in [5.41, 5.74) is 6.26. The first kappa shape index (κ1) is 15.8. The average Bonchev–Trinajstić information content (AvgIpc) is 2.89. The van der Waals surface area contributed by atoms with Gasteiger partial charge in [0.25, 0.3) is 0 Å². The van der Waals surface area contributed by atoms with Crippen molar-refractivity contribution in [3.8, 4) is 0 Å². The van der Waals surface area contributed by atoms with Crippen LogP contribution in [0.3, 0.4) is 0 Å². The number of aryl methyl sites for hydroxylation is 1. The molecule has 0 fully saturated rings. The van der Waals surface area contributed by atoms with E-state index in [-0.39, 0.29) is 40.4 Å². The minimum absolute atomic E-state index is 0.0676. The number of nitrogens with two attached hydrogens (primary N) is 2. The van der Waals surface area contributed by atoms with Crippen molar-refractivity contribution >= 4 is 16.9 Å². The first-order valence-electron chi connectivity index (χ1n) is 6.92. The number of hydrogen-bond acceptors (Lipinski definition) is 4. The highest BCUT2D eigenvalue weighted by atomic mass is 19.2. The van der Waals surface area contributed by atoms with Crippen LogP contribution in [-0.2, 0) is 6.54 Å². The number of hydrogen-bond donors (Lipinski definition) is 2. The van der Waals surface area contributed by atoms with Crippen LogP contribution in [0.2, 0.25) is 0 Å². The number of rotatable bonds is 3. The SMILES string of the molecule is Cc1nc2c(cc1F)c(/C(N)=N\N)nn2Cc1cccc(F)c1F. The molecule has 0 unspecified atom stereocenters. The first-order chi connectivity index (χ1) is 11.4. The zero-order valence-corrected chi connectivity index (χ0v) is 12.6. The maximum absolute atomic E-state index is 13.9. The highest BCUT2D eigenvalue weighted by Crippen LogP contribution is 2.21. The fourth-order valence-corrected chi connectivity index (χ4v) is 2.35. The summed E-state index contributed by atoms with van der Waals surface area (Å²) in [6.45, 7) is 1.37. The topological polar surface area (TPSA) is 95.1 Å². The first-order valence-corrected chi connectivity index (χ1v) is 6.92. The lowest BCUT2D eigenvalue weighted by atomic mass is 10.2. The molecule has 0 aliphatic heterocycles. The second kappa shape index (κ2) is 5.84. The van der Waals surface area contributed by atoms with Crippen molar-refractivity contribution in [2.45, 2.75) is 13.5 Å². The van der Waals surface area contributed by atoms with Crippen LogP contribution in [0, 0.1) is 24.4 Å². The van der Waals surface area contributed by atoms with E-state index >= 15 is 0 Å². The molecule has 2 heterocycles. The van der Waals surface area contributed by atoms with E-state index in [1.165, 1.54) is 29.8 Å². The van der Waals surface area contributed by atoms with E-state index in [0.717, 1.165) is 6.07 Å². The Balaban J connectivity index is 2.21. The lowest BCUT2D eigenvalue weighted by Gasteiger charge is -2.06. The number of pyridine rings is 1. The third-order valence-electron chi connectivity index (χ3n) is 3.58. The van der Waals surface area contributed by atoms with E-state index in [0.29, 0.717) is 0 Å². The van der Waals surface area contributed by atoms with Crippen molar-refractivity contribution < 1.29 is 13.2 Å². The van der Waals surface area contributed by atoms with E-state index in [9.17, 15) is 13.2 Å². The monoisotopic (exact) mass is 334 g/mol. The third kappa shape index (κ3) is 2.53. The van der Waals surface area contributed by atoms with Crippen molar-refractivity contribution in [1.82, 2.24) is 14.8 Å².